The molecule has 1 unspecified atom stereocenters. The first-order valence-electron chi connectivity index (χ1n) is 9.13. The maximum atomic E-state index is 12.8. The molecule has 0 aromatic heterocycles. The normalized spacial score (nSPS) is 15.4. The van der Waals surface area contributed by atoms with Crippen molar-refractivity contribution in [2.75, 3.05) is 33.9 Å². The van der Waals surface area contributed by atoms with Gasteiger partial charge in [0.05, 0.1) is 25.8 Å². The van der Waals surface area contributed by atoms with Crippen molar-refractivity contribution in [1.29, 1.82) is 0 Å². The van der Waals surface area contributed by atoms with Gasteiger partial charge in [0.15, 0.2) is 11.5 Å². The van der Waals surface area contributed by atoms with E-state index >= 15 is 0 Å². The third-order valence-corrected chi connectivity index (χ3v) is 5.29. The molecule has 0 spiro atoms. The van der Waals surface area contributed by atoms with Crippen LogP contribution in [0.4, 0.5) is 0 Å². The predicted molar refractivity (Wildman–Crippen MR) is 107 cm³/mol. The largest absolute Gasteiger partial charge is 0.493 e. The van der Waals surface area contributed by atoms with Crippen molar-refractivity contribution in [3.05, 3.63) is 58.6 Å². The summed E-state index contributed by atoms with van der Waals surface area (Å²) in [6.45, 7) is 2.49. The lowest BCUT2D eigenvalue weighted by Gasteiger charge is -2.29. The molecule has 1 N–H and O–H groups in total. The van der Waals surface area contributed by atoms with Crippen molar-refractivity contribution < 1.29 is 14.3 Å². The molecule has 1 aliphatic rings. The summed E-state index contributed by atoms with van der Waals surface area (Å²) in [6.07, 6.45) is 2.33. The summed E-state index contributed by atoms with van der Waals surface area (Å²) in [5, 5.41) is 3.78. The molecule has 6 heteroatoms. The van der Waals surface area contributed by atoms with Gasteiger partial charge >= 0.3 is 0 Å². The number of para-hydroxylation sites is 1. The number of methoxy groups -OCH3 is 2. The Labute approximate surface area is 165 Å². The van der Waals surface area contributed by atoms with Gasteiger partial charge in [-0.3, -0.25) is 9.69 Å². The monoisotopic (exact) mass is 388 g/mol. The van der Waals surface area contributed by atoms with E-state index in [0.717, 1.165) is 23.7 Å². The van der Waals surface area contributed by atoms with Gasteiger partial charge in [-0.15, -0.1) is 0 Å². The Hall–Kier alpha value is -2.24. The molecule has 0 bridgehead atoms. The number of hydrogen-bond donors (Lipinski definition) is 1. The quantitative estimate of drug-likeness (QED) is 0.780. The predicted octanol–water partition coefficient (Wildman–Crippen LogP) is 3.92. The summed E-state index contributed by atoms with van der Waals surface area (Å²) in [5.74, 6) is 0.780. The Bertz CT molecular complexity index is 791. The van der Waals surface area contributed by atoms with Crippen LogP contribution in [0.3, 0.4) is 0 Å². The van der Waals surface area contributed by atoms with E-state index in [9.17, 15) is 4.79 Å². The number of hydrogen-bond acceptors (Lipinski definition) is 4. The zero-order chi connectivity index (χ0) is 19.2. The number of carbonyl (C=O) groups excluding carboxylic acids is 1. The fraction of sp³-hybridized carbons (Fsp3) is 0.381. The van der Waals surface area contributed by atoms with Crippen LogP contribution in [-0.4, -0.2) is 44.7 Å². The molecule has 144 valence electrons. The van der Waals surface area contributed by atoms with Crippen LogP contribution in [0.1, 0.15) is 34.8 Å². The van der Waals surface area contributed by atoms with Crippen molar-refractivity contribution >= 4 is 17.5 Å². The van der Waals surface area contributed by atoms with Gasteiger partial charge in [-0.25, -0.2) is 0 Å². The van der Waals surface area contributed by atoms with Gasteiger partial charge in [-0.05, 0) is 49.7 Å². The van der Waals surface area contributed by atoms with E-state index in [1.54, 1.807) is 25.3 Å². The number of amides is 1. The smallest absolute Gasteiger partial charge is 0.255 e. The number of halogens is 1. The van der Waals surface area contributed by atoms with E-state index in [0.29, 0.717) is 23.6 Å². The highest BCUT2D eigenvalue weighted by Crippen LogP contribution is 2.32. The molecule has 1 fully saturated rings. The summed E-state index contributed by atoms with van der Waals surface area (Å²) < 4.78 is 10.7. The summed E-state index contributed by atoms with van der Waals surface area (Å²) in [5.41, 5.74) is 1.50. The second-order valence-electron chi connectivity index (χ2n) is 6.53. The van der Waals surface area contributed by atoms with Gasteiger partial charge in [0.25, 0.3) is 5.91 Å². The second-order valence-corrected chi connectivity index (χ2v) is 6.94. The van der Waals surface area contributed by atoms with Crippen LogP contribution < -0.4 is 14.8 Å². The Kier molecular flexibility index (Phi) is 6.58. The summed E-state index contributed by atoms with van der Waals surface area (Å²) in [6, 6.07) is 13.2. The fourth-order valence-electron chi connectivity index (χ4n) is 3.58. The lowest BCUT2D eigenvalue weighted by molar-refractivity contribution is 0.0934. The summed E-state index contributed by atoms with van der Waals surface area (Å²) in [7, 11) is 3.09. The molecule has 1 heterocycles. The Balaban J connectivity index is 1.80. The first-order valence-corrected chi connectivity index (χ1v) is 9.51. The molecular formula is C21H25ClN2O3. The zero-order valence-electron chi connectivity index (χ0n) is 15.7. The lowest BCUT2D eigenvalue weighted by atomic mass is 10.0. The van der Waals surface area contributed by atoms with E-state index in [-0.39, 0.29) is 11.9 Å². The molecule has 5 nitrogen and oxygen atoms in total. The maximum Gasteiger partial charge on any atom is 0.255 e. The van der Waals surface area contributed by atoms with E-state index < -0.39 is 0 Å². The van der Waals surface area contributed by atoms with Crippen LogP contribution in [0, 0.1) is 0 Å². The van der Waals surface area contributed by atoms with Crippen molar-refractivity contribution in [3.63, 3.8) is 0 Å². The molecule has 0 aliphatic carbocycles. The first kappa shape index (κ1) is 19.5. The van der Waals surface area contributed by atoms with Crippen LogP contribution in [0.25, 0.3) is 0 Å². The van der Waals surface area contributed by atoms with E-state index in [1.165, 1.54) is 20.0 Å². The molecule has 1 atom stereocenters. The maximum absolute atomic E-state index is 12.8. The highest BCUT2D eigenvalue weighted by Gasteiger charge is 2.26. The lowest BCUT2D eigenvalue weighted by Crippen LogP contribution is -2.37. The average Bonchev–Trinajstić information content (AvgIpc) is 3.23. The Morgan fingerprint density at radius 3 is 2.52 bits per heavy atom. The van der Waals surface area contributed by atoms with Crippen LogP contribution in [0.5, 0.6) is 11.5 Å². The van der Waals surface area contributed by atoms with Crippen molar-refractivity contribution in [1.82, 2.24) is 10.2 Å². The van der Waals surface area contributed by atoms with Gasteiger partial charge in [-0.1, -0.05) is 35.9 Å². The average molecular weight is 389 g/mol. The van der Waals surface area contributed by atoms with Crippen molar-refractivity contribution in [2.45, 2.75) is 18.9 Å². The van der Waals surface area contributed by atoms with E-state index in [4.69, 9.17) is 21.1 Å². The molecule has 3 rings (SSSR count). The molecule has 1 saturated heterocycles. The third-order valence-electron chi connectivity index (χ3n) is 4.95. The fourth-order valence-corrected chi connectivity index (χ4v) is 3.85. The van der Waals surface area contributed by atoms with Gasteiger partial charge in [-0.2, -0.15) is 0 Å². The highest BCUT2D eigenvalue weighted by molar-refractivity contribution is 6.31. The Morgan fingerprint density at radius 2 is 1.85 bits per heavy atom. The number of benzene rings is 2. The summed E-state index contributed by atoms with van der Waals surface area (Å²) >= 11 is 6.44. The molecule has 2 aromatic carbocycles. The van der Waals surface area contributed by atoms with Crippen LogP contribution in [0.15, 0.2) is 42.5 Å². The van der Waals surface area contributed by atoms with Crippen molar-refractivity contribution in [3.8, 4) is 11.5 Å². The molecule has 0 saturated carbocycles. The van der Waals surface area contributed by atoms with Gasteiger partial charge in [0.1, 0.15) is 0 Å². The molecule has 2 aromatic rings. The van der Waals surface area contributed by atoms with Gasteiger partial charge < -0.3 is 14.8 Å². The number of nitrogens with one attached hydrogen (secondary N) is 1. The van der Waals surface area contributed by atoms with Crippen LogP contribution in [-0.2, 0) is 0 Å². The minimum atomic E-state index is -0.193. The van der Waals surface area contributed by atoms with E-state index in [1.807, 2.05) is 24.3 Å². The van der Waals surface area contributed by atoms with Gasteiger partial charge in [0, 0.05) is 11.6 Å². The molecular weight excluding hydrogens is 364 g/mol. The number of rotatable bonds is 7. The molecule has 0 radical (unpaired) electrons. The Morgan fingerprint density at radius 1 is 1.11 bits per heavy atom. The van der Waals surface area contributed by atoms with Crippen LogP contribution in [0.2, 0.25) is 5.02 Å². The van der Waals surface area contributed by atoms with E-state index in [2.05, 4.69) is 10.2 Å². The number of nitrogens with zero attached hydrogens (tertiary/aromatic N) is 1. The molecule has 1 amide bonds. The number of likely N-dealkylation sites (tertiary alicyclic amines) is 1. The minimum Gasteiger partial charge on any atom is -0.493 e. The van der Waals surface area contributed by atoms with Crippen LogP contribution >= 0.6 is 11.6 Å². The number of carbonyl (C=O) groups is 1. The van der Waals surface area contributed by atoms with Crippen molar-refractivity contribution in [2.24, 2.45) is 0 Å². The highest BCUT2D eigenvalue weighted by atomic mass is 35.5. The molecule has 27 heavy (non-hydrogen) atoms. The first-order chi connectivity index (χ1) is 13.2. The minimum absolute atomic E-state index is 0.0433. The SMILES string of the molecule is COc1cccc(C(=O)NCC(c2ccccc2Cl)N2CCCC2)c1OC. The third kappa shape index (κ3) is 4.37. The zero-order valence-corrected chi connectivity index (χ0v) is 16.5. The molecule has 1 aliphatic heterocycles. The standard InChI is InChI=1S/C21H25ClN2O3/c1-26-19-11-7-9-16(20(19)27-2)21(25)23-14-18(24-12-5-6-13-24)15-8-3-4-10-17(15)22/h3-4,7-11,18H,5-6,12-14H2,1-2H3,(H,23,25). The summed E-state index contributed by atoms with van der Waals surface area (Å²) in [4.78, 5) is 15.2. The van der Waals surface area contributed by atoms with Gasteiger partial charge in [0.2, 0.25) is 0 Å². The topological polar surface area (TPSA) is 50.8 Å². The number of ether oxygens (including phenoxy) is 2. The second kappa shape index (κ2) is 9.11.